The summed E-state index contributed by atoms with van der Waals surface area (Å²) in [5.41, 5.74) is 7.98. The Morgan fingerprint density at radius 1 is 0.882 bits per heavy atom. The minimum absolute atomic E-state index is 0.0878. The van der Waals surface area contributed by atoms with Crippen molar-refractivity contribution in [3.05, 3.63) is 88.7 Å². The molecule has 174 valence electrons. The Morgan fingerprint density at radius 3 is 2.21 bits per heavy atom. The summed E-state index contributed by atoms with van der Waals surface area (Å²) in [7, 11) is 0. The van der Waals surface area contributed by atoms with Crippen LogP contribution in [0.2, 0.25) is 0 Å². The quantitative estimate of drug-likeness (QED) is 0.416. The first kappa shape index (κ1) is 22.5. The average molecular weight is 453 g/mol. The van der Waals surface area contributed by atoms with Gasteiger partial charge in [-0.1, -0.05) is 50.2 Å². The molecule has 0 saturated heterocycles. The van der Waals surface area contributed by atoms with Gasteiger partial charge in [-0.2, -0.15) is 20.4 Å². The Bertz CT molecular complexity index is 1210. The molecule has 0 N–H and O–H groups in total. The molecule has 1 aliphatic heterocycles. The summed E-state index contributed by atoms with van der Waals surface area (Å²) in [4.78, 5) is 0. The van der Waals surface area contributed by atoms with E-state index in [9.17, 15) is 0 Å². The first-order valence-electron chi connectivity index (χ1n) is 12.2. The molecule has 5 nitrogen and oxygen atoms in total. The van der Waals surface area contributed by atoms with Crippen LogP contribution < -0.4 is 4.74 Å². The van der Waals surface area contributed by atoms with Gasteiger partial charge < -0.3 is 4.74 Å². The number of ether oxygens (including phenoxy) is 1. The van der Waals surface area contributed by atoms with Gasteiger partial charge in [-0.3, -0.25) is 0 Å². The standard InChI is InChI=1S/C29H32N4O/c1-20-15-25(33-31-20)17-22-18-26(32-30-19-22)16-21-7-9-23(10-8-21)29(2,3)24-11-13-28(14-12-24)34-27-5-4-6-27/h7-14,18-19,27H,4-6,15-17H2,1-3H3. The maximum Gasteiger partial charge on any atom is 0.119 e. The molecule has 0 amide bonds. The van der Waals surface area contributed by atoms with E-state index in [1.54, 1.807) is 0 Å². The number of aromatic nitrogens is 2. The molecule has 1 saturated carbocycles. The molecule has 5 heteroatoms. The highest BCUT2D eigenvalue weighted by Crippen LogP contribution is 2.33. The van der Waals surface area contributed by atoms with Gasteiger partial charge in [0.05, 0.1) is 23.7 Å². The van der Waals surface area contributed by atoms with Gasteiger partial charge in [0, 0.05) is 30.4 Å². The molecule has 0 atom stereocenters. The zero-order valence-corrected chi connectivity index (χ0v) is 20.3. The van der Waals surface area contributed by atoms with Crippen LogP contribution in [0.3, 0.4) is 0 Å². The highest BCUT2D eigenvalue weighted by Gasteiger charge is 2.24. The predicted molar refractivity (Wildman–Crippen MR) is 137 cm³/mol. The van der Waals surface area contributed by atoms with Crippen LogP contribution in [0.5, 0.6) is 5.75 Å². The summed E-state index contributed by atoms with van der Waals surface area (Å²) in [6.45, 7) is 6.56. The van der Waals surface area contributed by atoms with Crippen LogP contribution in [0.15, 0.2) is 71.0 Å². The second-order valence-electron chi connectivity index (χ2n) is 10.1. The predicted octanol–water partition coefficient (Wildman–Crippen LogP) is 6.09. The number of nitrogens with zero attached hydrogens (tertiary/aromatic N) is 4. The van der Waals surface area contributed by atoms with Crippen molar-refractivity contribution < 1.29 is 4.74 Å². The van der Waals surface area contributed by atoms with E-state index in [-0.39, 0.29) is 5.41 Å². The molecular weight excluding hydrogens is 420 g/mol. The molecular formula is C29H32N4O. The van der Waals surface area contributed by atoms with Crippen LogP contribution in [-0.4, -0.2) is 27.7 Å². The highest BCUT2D eigenvalue weighted by atomic mass is 16.5. The fourth-order valence-corrected chi connectivity index (χ4v) is 4.54. The van der Waals surface area contributed by atoms with Gasteiger partial charge in [-0.15, -0.1) is 0 Å². The highest BCUT2D eigenvalue weighted by molar-refractivity contribution is 6.07. The van der Waals surface area contributed by atoms with E-state index in [1.165, 1.54) is 36.0 Å². The Balaban J connectivity index is 1.24. The van der Waals surface area contributed by atoms with Gasteiger partial charge in [0.1, 0.15) is 5.75 Å². The van der Waals surface area contributed by atoms with Crippen molar-refractivity contribution in [1.82, 2.24) is 10.2 Å². The van der Waals surface area contributed by atoms with Gasteiger partial charge in [0.25, 0.3) is 0 Å². The lowest BCUT2D eigenvalue weighted by atomic mass is 9.78. The number of rotatable bonds is 8. The van der Waals surface area contributed by atoms with E-state index in [0.29, 0.717) is 6.10 Å². The monoisotopic (exact) mass is 452 g/mol. The molecule has 0 radical (unpaired) electrons. The third kappa shape index (κ3) is 5.09. The van der Waals surface area contributed by atoms with Crippen molar-refractivity contribution in [1.29, 1.82) is 0 Å². The molecule has 0 bridgehead atoms. The molecule has 1 aliphatic carbocycles. The summed E-state index contributed by atoms with van der Waals surface area (Å²) in [6, 6.07) is 19.6. The van der Waals surface area contributed by atoms with Crippen molar-refractivity contribution in [2.75, 3.05) is 0 Å². The first-order valence-corrected chi connectivity index (χ1v) is 12.2. The second-order valence-corrected chi connectivity index (χ2v) is 10.1. The van der Waals surface area contributed by atoms with Gasteiger partial charge in [-0.25, -0.2) is 0 Å². The topological polar surface area (TPSA) is 59.7 Å². The summed E-state index contributed by atoms with van der Waals surface area (Å²) < 4.78 is 6.02. The van der Waals surface area contributed by atoms with Gasteiger partial charge in [-0.05, 0) is 66.6 Å². The summed E-state index contributed by atoms with van der Waals surface area (Å²) in [5, 5.41) is 17.0. The molecule has 0 spiro atoms. The lowest BCUT2D eigenvalue weighted by molar-refractivity contribution is 0.120. The van der Waals surface area contributed by atoms with Crippen molar-refractivity contribution in [3.8, 4) is 5.75 Å². The maximum absolute atomic E-state index is 6.02. The van der Waals surface area contributed by atoms with E-state index in [2.05, 4.69) is 88.8 Å². The van der Waals surface area contributed by atoms with Crippen LogP contribution in [0.4, 0.5) is 0 Å². The molecule has 1 fully saturated rings. The van der Waals surface area contributed by atoms with E-state index in [0.717, 1.165) is 47.7 Å². The van der Waals surface area contributed by atoms with E-state index in [4.69, 9.17) is 4.74 Å². The number of hydrogen-bond donors (Lipinski definition) is 0. The van der Waals surface area contributed by atoms with Gasteiger partial charge in [0.2, 0.25) is 0 Å². The molecule has 34 heavy (non-hydrogen) atoms. The fourth-order valence-electron chi connectivity index (χ4n) is 4.54. The first-order chi connectivity index (χ1) is 16.5. The van der Waals surface area contributed by atoms with E-state index < -0.39 is 0 Å². The molecule has 2 heterocycles. The van der Waals surface area contributed by atoms with Crippen LogP contribution >= 0.6 is 0 Å². The minimum atomic E-state index is -0.0878. The minimum Gasteiger partial charge on any atom is -0.490 e. The molecule has 1 aromatic heterocycles. The average Bonchev–Trinajstić information content (AvgIpc) is 3.21. The summed E-state index contributed by atoms with van der Waals surface area (Å²) in [6.07, 6.45) is 8.27. The zero-order chi connectivity index (χ0) is 23.5. The normalized spacial score (nSPS) is 16.1. The van der Waals surface area contributed by atoms with Crippen LogP contribution in [0.25, 0.3) is 0 Å². The largest absolute Gasteiger partial charge is 0.490 e. The van der Waals surface area contributed by atoms with Crippen LogP contribution in [0, 0.1) is 0 Å². The van der Waals surface area contributed by atoms with E-state index in [1.807, 2.05) is 13.1 Å². The second kappa shape index (κ2) is 9.49. The van der Waals surface area contributed by atoms with E-state index >= 15 is 0 Å². The Hall–Kier alpha value is -3.34. The third-order valence-corrected chi connectivity index (χ3v) is 6.98. The molecule has 3 aromatic rings. The Labute approximate surface area is 202 Å². The fraction of sp³-hybridized carbons (Fsp3) is 0.379. The van der Waals surface area contributed by atoms with Crippen LogP contribution in [0.1, 0.15) is 74.4 Å². The zero-order valence-electron chi connectivity index (χ0n) is 20.3. The number of hydrogen-bond acceptors (Lipinski definition) is 5. The molecule has 0 unspecified atom stereocenters. The Morgan fingerprint density at radius 2 is 1.59 bits per heavy atom. The van der Waals surface area contributed by atoms with Crippen molar-refractivity contribution in [2.45, 2.75) is 70.8 Å². The maximum atomic E-state index is 6.02. The van der Waals surface area contributed by atoms with Crippen molar-refractivity contribution >= 4 is 11.4 Å². The SMILES string of the molecule is CC1=NN=C(Cc2cnnc(Cc3ccc(C(C)(C)c4ccc(OC5CCC5)cc4)cc3)c2)C1. The molecule has 2 aromatic carbocycles. The van der Waals surface area contributed by atoms with Crippen molar-refractivity contribution in [3.63, 3.8) is 0 Å². The van der Waals surface area contributed by atoms with Crippen LogP contribution in [-0.2, 0) is 18.3 Å². The Kier molecular flexibility index (Phi) is 6.27. The van der Waals surface area contributed by atoms with Gasteiger partial charge in [0.15, 0.2) is 0 Å². The van der Waals surface area contributed by atoms with Gasteiger partial charge >= 0.3 is 0 Å². The third-order valence-electron chi connectivity index (χ3n) is 6.98. The number of benzene rings is 2. The smallest absolute Gasteiger partial charge is 0.119 e. The van der Waals surface area contributed by atoms with Crippen molar-refractivity contribution in [2.24, 2.45) is 10.2 Å². The lowest BCUT2D eigenvalue weighted by Crippen LogP contribution is -2.24. The molecule has 5 rings (SSSR count). The lowest BCUT2D eigenvalue weighted by Gasteiger charge is -2.28. The molecule has 2 aliphatic rings. The summed E-state index contributed by atoms with van der Waals surface area (Å²) >= 11 is 0. The summed E-state index contributed by atoms with van der Waals surface area (Å²) in [5.74, 6) is 0.977.